The van der Waals surface area contributed by atoms with Gasteiger partial charge < -0.3 is 10.0 Å². The molecule has 0 bridgehead atoms. The molecule has 1 fully saturated rings. The number of alkyl halides is 3. The second-order valence-electron chi connectivity index (χ2n) is 10.6. The molecule has 1 saturated heterocycles. The summed E-state index contributed by atoms with van der Waals surface area (Å²) in [6.07, 6.45) is -4.48. The summed E-state index contributed by atoms with van der Waals surface area (Å²) in [6, 6.07) is 12.4. The van der Waals surface area contributed by atoms with Crippen molar-refractivity contribution < 1.29 is 36.3 Å². The number of likely N-dealkylation sites (tertiary alicyclic amines) is 1. The van der Waals surface area contributed by atoms with Crippen LogP contribution in [0.25, 0.3) is 0 Å². The Balaban J connectivity index is 2.12. The fraction of sp³-hybridized carbons (Fsp3) is 0.481. The van der Waals surface area contributed by atoms with E-state index < -0.39 is 71.0 Å². The predicted molar refractivity (Wildman–Crippen MR) is 147 cm³/mol. The molecule has 1 amide bonds. The molecule has 1 N–H and O–H groups in total. The zero-order valence-corrected chi connectivity index (χ0v) is 24.5. The molecule has 1 heterocycles. The third kappa shape index (κ3) is 7.90. The fourth-order valence-corrected chi connectivity index (χ4v) is 6.54. The maximum Gasteiger partial charge on any atom is 0.402 e. The van der Waals surface area contributed by atoms with Crippen molar-refractivity contribution in [1.82, 2.24) is 9.21 Å². The van der Waals surface area contributed by atoms with Crippen LogP contribution in [-0.2, 0) is 19.6 Å². The highest BCUT2D eigenvalue weighted by atomic mass is 35.5. The molecule has 13 heteroatoms. The van der Waals surface area contributed by atoms with Crippen molar-refractivity contribution in [2.75, 3.05) is 19.3 Å². The number of carboxylic acids is 1. The van der Waals surface area contributed by atoms with E-state index in [4.69, 9.17) is 23.2 Å². The van der Waals surface area contributed by atoms with Crippen molar-refractivity contribution >= 4 is 45.1 Å². The summed E-state index contributed by atoms with van der Waals surface area (Å²) in [6.45, 7) is 1.03. The number of carboxylic acid groups (broad SMARTS) is 1. The number of hydrogen-bond acceptors (Lipinski definition) is 4. The van der Waals surface area contributed by atoms with Gasteiger partial charge in [-0.2, -0.15) is 17.5 Å². The highest BCUT2D eigenvalue weighted by Gasteiger charge is 2.52. The summed E-state index contributed by atoms with van der Waals surface area (Å²) in [5, 5.41) is 10.6. The molecule has 2 aromatic rings. The number of rotatable bonds is 10. The van der Waals surface area contributed by atoms with E-state index in [1.807, 2.05) is 6.07 Å². The molecule has 1 aliphatic heterocycles. The van der Waals surface area contributed by atoms with E-state index in [0.717, 1.165) is 5.56 Å². The Morgan fingerprint density at radius 1 is 1.15 bits per heavy atom. The van der Waals surface area contributed by atoms with E-state index in [2.05, 4.69) is 0 Å². The Morgan fingerprint density at radius 3 is 2.30 bits per heavy atom. The first-order valence-corrected chi connectivity index (χ1v) is 15.1. The Morgan fingerprint density at radius 2 is 1.77 bits per heavy atom. The van der Waals surface area contributed by atoms with Gasteiger partial charge in [-0.25, -0.2) is 8.42 Å². The number of carbonyl (C=O) groups is 2. The van der Waals surface area contributed by atoms with E-state index in [0.29, 0.717) is 26.2 Å². The molecule has 1 aliphatic rings. The summed E-state index contributed by atoms with van der Waals surface area (Å²) < 4.78 is 64.0. The van der Waals surface area contributed by atoms with Gasteiger partial charge in [0.25, 0.3) is 0 Å². The predicted octanol–water partition coefficient (Wildman–Crippen LogP) is 6.13. The van der Waals surface area contributed by atoms with Crippen LogP contribution in [-0.4, -0.2) is 66.2 Å². The van der Waals surface area contributed by atoms with Crippen molar-refractivity contribution in [3.05, 3.63) is 69.7 Å². The van der Waals surface area contributed by atoms with Gasteiger partial charge in [0.05, 0.1) is 24.1 Å². The Kier molecular flexibility index (Phi) is 9.86. The van der Waals surface area contributed by atoms with Crippen LogP contribution in [0.3, 0.4) is 0 Å². The fourth-order valence-electron chi connectivity index (χ4n) is 5.39. The zero-order valence-electron chi connectivity index (χ0n) is 22.2. The average Bonchev–Trinajstić information content (AvgIpc) is 2.82. The van der Waals surface area contributed by atoms with E-state index in [9.17, 15) is 36.3 Å². The van der Waals surface area contributed by atoms with Crippen LogP contribution in [0.2, 0.25) is 10.0 Å². The smallest absolute Gasteiger partial charge is 0.402 e. The van der Waals surface area contributed by atoms with Crippen LogP contribution < -0.4 is 0 Å². The third-order valence-corrected chi connectivity index (χ3v) is 8.96. The number of benzene rings is 2. The summed E-state index contributed by atoms with van der Waals surface area (Å²) in [5.41, 5.74) is 0.0872. The van der Waals surface area contributed by atoms with Gasteiger partial charge in [0.2, 0.25) is 15.9 Å². The molecule has 0 unspecified atom stereocenters. The van der Waals surface area contributed by atoms with Crippen LogP contribution in [0.4, 0.5) is 13.2 Å². The molecule has 4 atom stereocenters. The first kappa shape index (κ1) is 32.2. The molecule has 3 rings (SSSR count). The van der Waals surface area contributed by atoms with Crippen LogP contribution in [0.1, 0.15) is 56.2 Å². The average molecular weight is 624 g/mol. The summed E-state index contributed by atoms with van der Waals surface area (Å²) >= 11 is 12.4. The molecule has 7 nitrogen and oxygen atoms in total. The number of nitrogens with zero attached hydrogens (tertiary/aromatic N) is 2. The first-order valence-electron chi connectivity index (χ1n) is 12.5. The monoisotopic (exact) mass is 622 g/mol. The van der Waals surface area contributed by atoms with Gasteiger partial charge in [-0.15, -0.1) is 0 Å². The van der Waals surface area contributed by atoms with Crippen LogP contribution in [0, 0.1) is 5.41 Å². The Hall–Kier alpha value is -2.34. The van der Waals surface area contributed by atoms with Crippen LogP contribution in [0.5, 0.6) is 0 Å². The lowest BCUT2D eigenvalue weighted by atomic mass is 9.67. The number of carbonyl (C=O) groups excluding carboxylic acids is 1. The first-order chi connectivity index (χ1) is 18.4. The van der Waals surface area contributed by atoms with Gasteiger partial charge in [-0.3, -0.25) is 9.59 Å². The van der Waals surface area contributed by atoms with Crippen LogP contribution >= 0.6 is 23.2 Å². The number of halogens is 5. The van der Waals surface area contributed by atoms with Gasteiger partial charge in [0, 0.05) is 28.5 Å². The van der Waals surface area contributed by atoms with Gasteiger partial charge in [0.1, 0.15) is 6.54 Å². The van der Waals surface area contributed by atoms with Crippen molar-refractivity contribution in [2.45, 2.75) is 57.3 Å². The van der Waals surface area contributed by atoms with Crippen molar-refractivity contribution in [3.63, 3.8) is 0 Å². The normalized spacial score (nSPS) is 22.9. The highest BCUT2D eigenvalue weighted by Crippen LogP contribution is 2.52. The molecule has 0 saturated carbocycles. The van der Waals surface area contributed by atoms with Gasteiger partial charge in [0.15, 0.2) is 0 Å². The Labute approximate surface area is 241 Å². The van der Waals surface area contributed by atoms with Gasteiger partial charge >= 0.3 is 12.1 Å². The minimum Gasteiger partial charge on any atom is -0.481 e. The van der Waals surface area contributed by atoms with Gasteiger partial charge in [-0.1, -0.05) is 54.4 Å². The lowest BCUT2D eigenvalue weighted by Gasteiger charge is -2.51. The molecule has 0 aromatic heterocycles. The number of sulfonamides is 1. The SMILES string of the molecule is C[C@@H](CCN(CC(F)(F)F)S(C)(=O)=O)N1C(=O)[C@@](C)(CC(=O)O)C[C@H](c2cccc(Cl)c2)[C@H]1c1ccc(Cl)cc1. The summed E-state index contributed by atoms with van der Waals surface area (Å²) in [5.74, 6) is -2.10. The lowest BCUT2D eigenvalue weighted by molar-refractivity contribution is -0.160. The topological polar surface area (TPSA) is 95.0 Å². The quantitative estimate of drug-likeness (QED) is 0.344. The number of amides is 1. The minimum absolute atomic E-state index is 0.121. The lowest BCUT2D eigenvalue weighted by Crippen LogP contribution is -2.56. The highest BCUT2D eigenvalue weighted by molar-refractivity contribution is 7.88. The summed E-state index contributed by atoms with van der Waals surface area (Å²) in [4.78, 5) is 27.4. The van der Waals surface area contributed by atoms with E-state index in [1.54, 1.807) is 56.3 Å². The molecule has 0 spiro atoms. The maximum atomic E-state index is 14.1. The van der Waals surface area contributed by atoms with Gasteiger partial charge in [-0.05, 0) is 55.2 Å². The van der Waals surface area contributed by atoms with E-state index in [1.165, 1.54) is 4.90 Å². The number of hydrogen-bond donors (Lipinski definition) is 1. The zero-order chi connectivity index (χ0) is 30.0. The number of aliphatic carboxylic acids is 1. The van der Waals surface area contributed by atoms with E-state index >= 15 is 0 Å². The molecular formula is C27H31Cl2F3N2O5S. The maximum absolute atomic E-state index is 14.1. The summed E-state index contributed by atoms with van der Waals surface area (Å²) in [7, 11) is -4.20. The molecular weight excluding hydrogens is 592 g/mol. The molecule has 0 aliphatic carbocycles. The molecule has 2 aromatic carbocycles. The third-order valence-electron chi connectivity index (χ3n) is 7.23. The van der Waals surface area contributed by atoms with Crippen molar-refractivity contribution in [2.24, 2.45) is 5.41 Å². The standard InChI is InChI=1S/C27H31Cl2F3N2O5S/c1-17(11-12-33(40(3,38)39)16-27(30,31)32)34-24(18-7-9-20(28)10-8-18)22(19-5-4-6-21(29)13-19)14-26(2,25(34)37)15-23(35)36/h4-10,13,17,22,24H,11-12,14-16H2,1-3H3,(H,35,36)/t17-,22+,24+,26+/m0/s1. The molecule has 0 radical (unpaired) electrons. The van der Waals surface area contributed by atoms with Crippen molar-refractivity contribution in [3.8, 4) is 0 Å². The second-order valence-corrected chi connectivity index (χ2v) is 13.4. The van der Waals surface area contributed by atoms with E-state index in [-0.39, 0.29) is 12.8 Å². The molecule has 220 valence electrons. The van der Waals surface area contributed by atoms with Crippen molar-refractivity contribution in [1.29, 1.82) is 0 Å². The number of piperidine rings is 1. The minimum atomic E-state index is -4.75. The Bertz CT molecular complexity index is 1340. The largest absolute Gasteiger partial charge is 0.481 e. The second kappa shape index (κ2) is 12.3. The van der Waals surface area contributed by atoms with Crippen LogP contribution in [0.15, 0.2) is 48.5 Å². The molecule has 40 heavy (non-hydrogen) atoms.